The van der Waals surface area contributed by atoms with Gasteiger partial charge in [-0.2, -0.15) is 5.10 Å². The van der Waals surface area contributed by atoms with E-state index in [1.54, 1.807) is 16.9 Å². The van der Waals surface area contributed by atoms with E-state index < -0.39 is 5.41 Å². The highest BCUT2D eigenvalue weighted by Crippen LogP contribution is 2.49. The number of ether oxygens (including phenoxy) is 1. The summed E-state index contributed by atoms with van der Waals surface area (Å²) in [5.41, 5.74) is 0.384. The van der Waals surface area contributed by atoms with Crippen LogP contribution in [0.5, 0.6) is 0 Å². The van der Waals surface area contributed by atoms with Gasteiger partial charge in [0.2, 0.25) is 0 Å². The number of nitrogens with one attached hydrogen (secondary N) is 1. The van der Waals surface area contributed by atoms with E-state index in [-0.39, 0.29) is 24.5 Å². The summed E-state index contributed by atoms with van der Waals surface area (Å²) in [4.78, 5) is 24.4. The Morgan fingerprint density at radius 2 is 1.96 bits per heavy atom. The minimum Gasteiger partial charge on any atom is -0.455 e. The lowest BCUT2D eigenvalue weighted by Gasteiger charge is -2.15. The number of hydrogen-bond acceptors (Lipinski definition) is 4. The van der Waals surface area contributed by atoms with Crippen molar-refractivity contribution >= 4 is 17.7 Å². The van der Waals surface area contributed by atoms with Crippen molar-refractivity contribution in [1.82, 2.24) is 9.78 Å². The van der Waals surface area contributed by atoms with Crippen molar-refractivity contribution in [2.45, 2.75) is 38.1 Å². The van der Waals surface area contributed by atoms with Gasteiger partial charge in [-0.1, -0.05) is 30.3 Å². The number of hydrogen-bond donors (Lipinski definition) is 1. The number of amides is 1. The molecule has 1 aromatic heterocycles. The SMILES string of the molecule is CC(C)n1nccc1NC(=O)COC(=O)C1(c2ccccc2)CC1. The van der Waals surface area contributed by atoms with Gasteiger partial charge in [0.15, 0.2) is 6.61 Å². The molecule has 0 saturated heterocycles. The van der Waals surface area contributed by atoms with Crippen LogP contribution in [0.3, 0.4) is 0 Å². The molecule has 0 spiro atoms. The normalized spacial score (nSPS) is 15.1. The predicted octanol–water partition coefficient (Wildman–Crippen LogP) is 2.68. The monoisotopic (exact) mass is 327 g/mol. The smallest absolute Gasteiger partial charge is 0.317 e. The fourth-order valence-corrected chi connectivity index (χ4v) is 2.77. The number of esters is 1. The number of carbonyl (C=O) groups is 2. The van der Waals surface area contributed by atoms with Gasteiger partial charge in [0.05, 0.1) is 11.6 Å². The highest BCUT2D eigenvalue weighted by atomic mass is 16.5. The summed E-state index contributed by atoms with van der Waals surface area (Å²) in [6.45, 7) is 3.65. The summed E-state index contributed by atoms with van der Waals surface area (Å²) in [7, 11) is 0. The van der Waals surface area contributed by atoms with Crippen molar-refractivity contribution < 1.29 is 14.3 Å². The second-order valence-electron chi connectivity index (χ2n) is 6.33. The zero-order chi connectivity index (χ0) is 17.2. The number of rotatable bonds is 6. The molecule has 126 valence electrons. The van der Waals surface area contributed by atoms with Crippen LogP contribution in [0.25, 0.3) is 0 Å². The molecule has 24 heavy (non-hydrogen) atoms. The van der Waals surface area contributed by atoms with Crippen LogP contribution in [0.2, 0.25) is 0 Å². The van der Waals surface area contributed by atoms with E-state index >= 15 is 0 Å². The minimum atomic E-state index is -0.568. The summed E-state index contributed by atoms with van der Waals surface area (Å²) < 4.78 is 6.95. The molecule has 1 amide bonds. The van der Waals surface area contributed by atoms with Crippen LogP contribution in [0.15, 0.2) is 42.6 Å². The van der Waals surface area contributed by atoms with Crippen LogP contribution in [-0.2, 0) is 19.7 Å². The van der Waals surface area contributed by atoms with E-state index in [0.717, 1.165) is 18.4 Å². The average molecular weight is 327 g/mol. The number of aromatic nitrogens is 2. The van der Waals surface area contributed by atoms with Crippen LogP contribution in [-0.4, -0.2) is 28.3 Å². The maximum atomic E-state index is 12.4. The molecular formula is C18H21N3O3. The van der Waals surface area contributed by atoms with Gasteiger partial charge in [0.25, 0.3) is 5.91 Å². The highest BCUT2D eigenvalue weighted by Gasteiger charge is 2.52. The molecule has 0 aliphatic heterocycles. The maximum Gasteiger partial charge on any atom is 0.317 e. The average Bonchev–Trinajstić information content (AvgIpc) is 3.27. The topological polar surface area (TPSA) is 73.2 Å². The molecule has 1 aromatic carbocycles. The summed E-state index contributed by atoms with van der Waals surface area (Å²) in [5, 5.41) is 6.87. The van der Waals surface area contributed by atoms with Crippen LogP contribution >= 0.6 is 0 Å². The standard InChI is InChI=1S/C18H21N3O3/c1-13(2)21-15(8-11-19-21)20-16(22)12-24-17(23)18(9-10-18)14-6-4-3-5-7-14/h3-8,11,13H,9-10,12H2,1-2H3,(H,20,22). The third-order valence-corrected chi connectivity index (χ3v) is 4.23. The van der Waals surface area contributed by atoms with Crippen LogP contribution in [0.1, 0.15) is 38.3 Å². The molecule has 1 aliphatic rings. The summed E-state index contributed by atoms with van der Waals surface area (Å²) in [6, 6.07) is 11.4. The molecule has 1 N–H and O–H groups in total. The molecule has 0 bridgehead atoms. The Bertz CT molecular complexity index is 733. The predicted molar refractivity (Wildman–Crippen MR) is 89.6 cm³/mol. The van der Waals surface area contributed by atoms with E-state index in [0.29, 0.717) is 5.82 Å². The van der Waals surface area contributed by atoms with Crippen molar-refractivity contribution in [2.24, 2.45) is 0 Å². The lowest BCUT2D eigenvalue weighted by molar-refractivity contribution is -0.150. The molecule has 1 fully saturated rings. The van der Waals surface area contributed by atoms with Gasteiger partial charge in [-0.05, 0) is 32.3 Å². The highest BCUT2D eigenvalue weighted by molar-refractivity contribution is 5.94. The van der Waals surface area contributed by atoms with Crippen LogP contribution in [0, 0.1) is 0 Å². The fraction of sp³-hybridized carbons (Fsp3) is 0.389. The molecular weight excluding hydrogens is 306 g/mol. The van der Waals surface area contributed by atoms with E-state index in [9.17, 15) is 9.59 Å². The first kappa shape index (κ1) is 16.2. The molecule has 1 saturated carbocycles. The van der Waals surface area contributed by atoms with E-state index in [4.69, 9.17) is 4.74 Å². The van der Waals surface area contributed by atoms with Crippen molar-refractivity contribution in [3.05, 3.63) is 48.2 Å². The number of carbonyl (C=O) groups excluding carboxylic acids is 2. The molecule has 1 heterocycles. The van der Waals surface area contributed by atoms with Crippen molar-refractivity contribution in [2.75, 3.05) is 11.9 Å². The Morgan fingerprint density at radius 1 is 1.25 bits per heavy atom. The Hall–Kier alpha value is -2.63. The van der Waals surface area contributed by atoms with Crippen LogP contribution in [0.4, 0.5) is 5.82 Å². The summed E-state index contributed by atoms with van der Waals surface area (Å²) >= 11 is 0. The lowest BCUT2D eigenvalue weighted by Crippen LogP contribution is -2.28. The fourth-order valence-electron chi connectivity index (χ4n) is 2.77. The molecule has 2 aromatic rings. The second kappa shape index (κ2) is 6.47. The zero-order valence-electron chi connectivity index (χ0n) is 13.9. The Morgan fingerprint density at radius 3 is 2.58 bits per heavy atom. The number of anilines is 1. The van der Waals surface area contributed by atoms with Gasteiger partial charge in [-0.25, -0.2) is 4.68 Å². The van der Waals surface area contributed by atoms with Crippen molar-refractivity contribution in [3.63, 3.8) is 0 Å². The van der Waals surface area contributed by atoms with Gasteiger partial charge in [0.1, 0.15) is 5.82 Å². The van der Waals surface area contributed by atoms with E-state index in [1.165, 1.54) is 0 Å². The quantitative estimate of drug-likeness (QED) is 0.828. The largest absolute Gasteiger partial charge is 0.455 e. The molecule has 0 unspecified atom stereocenters. The van der Waals surface area contributed by atoms with Gasteiger partial charge in [0, 0.05) is 12.1 Å². The first-order chi connectivity index (χ1) is 11.5. The van der Waals surface area contributed by atoms with E-state index in [1.807, 2.05) is 44.2 Å². The first-order valence-electron chi connectivity index (χ1n) is 8.09. The third kappa shape index (κ3) is 3.18. The maximum absolute atomic E-state index is 12.4. The molecule has 0 radical (unpaired) electrons. The molecule has 1 aliphatic carbocycles. The van der Waals surface area contributed by atoms with Crippen molar-refractivity contribution in [3.8, 4) is 0 Å². The number of benzene rings is 1. The molecule has 0 atom stereocenters. The van der Waals surface area contributed by atoms with Gasteiger partial charge < -0.3 is 10.1 Å². The first-order valence-corrected chi connectivity index (χ1v) is 8.09. The molecule has 6 heteroatoms. The minimum absolute atomic E-state index is 0.130. The third-order valence-electron chi connectivity index (χ3n) is 4.23. The molecule has 3 rings (SSSR count). The van der Waals surface area contributed by atoms with Gasteiger partial charge >= 0.3 is 5.97 Å². The zero-order valence-corrected chi connectivity index (χ0v) is 13.9. The van der Waals surface area contributed by atoms with Crippen molar-refractivity contribution in [1.29, 1.82) is 0 Å². The lowest BCUT2D eigenvalue weighted by atomic mass is 9.96. The summed E-state index contributed by atoms with van der Waals surface area (Å²) in [6.07, 6.45) is 3.14. The Balaban J connectivity index is 1.57. The summed E-state index contributed by atoms with van der Waals surface area (Å²) in [5.74, 6) is -0.105. The second-order valence-corrected chi connectivity index (χ2v) is 6.33. The van der Waals surface area contributed by atoms with E-state index in [2.05, 4.69) is 10.4 Å². The van der Waals surface area contributed by atoms with Crippen LogP contribution < -0.4 is 5.32 Å². The Labute approximate surface area is 140 Å². The molecule has 6 nitrogen and oxygen atoms in total. The number of nitrogens with zero attached hydrogens (tertiary/aromatic N) is 2. The van der Waals surface area contributed by atoms with Gasteiger partial charge in [-0.3, -0.25) is 9.59 Å². The Kier molecular flexibility index (Phi) is 4.38. The van der Waals surface area contributed by atoms with Gasteiger partial charge in [-0.15, -0.1) is 0 Å².